The maximum absolute atomic E-state index is 11.3. The first-order chi connectivity index (χ1) is 13.7. The van der Waals surface area contributed by atoms with Gasteiger partial charge in [-0.25, -0.2) is 0 Å². The molecule has 142 valence electrons. The minimum absolute atomic E-state index is 0.0985. The van der Waals surface area contributed by atoms with Crippen molar-refractivity contribution in [2.24, 2.45) is 0 Å². The predicted octanol–water partition coefficient (Wildman–Crippen LogP) is 3.56. The maximum Gasteiger partial charge on any atom is 0.220 e. The van der Waals surface area contributed by atoms with E-state index in [4.69, 9.17) is 10.1 Å². The van der Waals surface area contributed by atoms with Gasteiger partial charge in [0, 0.05) is 42.7 Å². The molecule has 7 heteroatoms. The van der Waals surface area contributed by atoms with E-state index in [2.05, 4.69) is 20.8 Å². The molecule has 1 atom stereocenters. The molecule has 4 N–H and O–H groups in total. The Morgan fingerprint density at radius 2 is 2.00 bits per heavy atom. The third-order valence-electron chi connectivity index (χ3n) is 4.70. The monoisotopic (exact) mass is 375 g/mol. The van der Waals surface area contributed by atoms with Gasteiger partial charge < -0.3 is 20.8 Å². The summed E-state index contributed by atoms with van der Waals surface area (Å²) in [7, 11) is 0. The normalized spacial score (nSPS) is 15.9. The van der Waals surface area contributed by atoms with E-state index in [1.807, 2.05) is 48.5 Å². The van der Waals surface area contributed by atoms with E-state index in [0.717, 1.165) is 28.9 Å². The summed E-state index contributed by atoms with van der Waals surface area (Å²) in [6, 6.07) is 15.4. The highest BCUT2D eigenvalue weighted by Crippen LogP contribution is 2.27. The Balaban J connectivity index is 1.42. The number of benzene rings is 2. The van der Waals surface area contributed by atoms with Gasteiger partial charge >= 0.3 is 0 Å². The predicted molar refractivity (Wildman–Crippen MR) is 108 cm³/mol. The van der Waals surface area contributed by atoms with Crippen LogP contribution in [0, 0.1) is 5.41 Å². The summed E-state index contributed by atoms with van der Waals surface area (Å²) in [5.41, 5.74) is 3.56. The maximum atomic E-state index is 11.3. The molecule has 2 heterocycles. The zero-order valence-electron chi connectivity index (χ0n) is 15.2. The van der Waals surface area contributed by atoms with Crippen molar-refractivity contribution in [1.29, 1.82) is 5.41 Å². The van der Waals surface area contributed by atoms with Gasteiger partial charge in [0.1, 0.15) is 11.5 Å². The van der Waals surface area contributed by atoms with Crippen molar-refractivity contribution in [2.45, 2.75) is 18.9 Å². The third-order valence-corrected chi connectivity index (χ3v) is 4.70. The molecule has 1 saturated heterocycles. The van der Waals surface area contributed by atoms with E-state index in [9.17, 15) is 4.79 Å². The van der Waals surface area contributed by atoms with Crippen molar-refractivity contribution < 1.29 is 9.53 Å². The third kappa shape index (κ3) is 4.03. The summed E-state index contributed by atoms with van der Waals surface area (Å²) in [4.78, 5) is 11.3. The number of hydrogen-bond donors (Lipinski definition) is 4. The number of aromatic nitrogens is 2. The summed E-state index contributed by atoms with van der Waals surface area (Å²) in [6.45, 7) is 0.641. The fourth-order valence-electron chi connectivity index (χ4n) is 3.20. The smallest absolute Gasteiger partial charge is 0.220 e. The summed E-state index contributed by atoms with van der Waals surface area (Å²) in [6.07, 6.45) is 4.43. The molecule has 1 fully saturated rings. The molecule has 0 spiro atoms. The second-order valence-electron chi connectivity index (χ2n) is 6.67. The highest BCUT2D eigenvalue weighted by Gasteiger charge is 2.20. The standard InChI is InChI=1S/C21H21N5O2/c22-12-15-11-18(6-7-19(15)23-13-16-3-8-21(27)25-16)28-17-4-1-14(2-5-17)20-9-10-24-26-20/h1-2,4-7,9-12,16,22-23H,3,8,13H2,(H,24,26)(H,25,27). The molecule has 1 aliphatic rings. The van der Waals surface area contributed by atoms with Gasteiger partial charge in [-0.3, -0.25) is 9.89 Å². The van der Waals surface area contributed by atoms with Crippen LogP contribution in [0.4, 0.5) is 5.69 Å². The number of aromatic amines is 1. The quantitative estimate of drug-likeness (QED) is 0.474. The van der Waals surface area contributed by atoms with Gasteiger partial charge in [-0.2, -0.15) is 5.10 Å². The van der Waals surface area contributed by atoms with Crippen molar-refractivity contribution >= 4 is 17.8 Å². The lowest BCUT2D eigenvalue weighted by Crippen LogP contribution is -2.31. The van der Waals surface area contributed by atoms with Gasteiger partial charge in [0.15, 0.2) is 0 Å². The number of nitrogens with one attached hydrogen (secondary N) is 4. The second-order valence-corrected chi connectivity index (χ2v) is 6.67. The van der Waals surface area contributed by atoms with Crippen LogP contribution in [-0.4, -0.2) is 34.9 Å². The van der Waals surface area contributed by atoms with E-state index in [1.54, 1.807) is 6.20 Å². The number of hydrogen-bond acceptors (Lipinski definition) is 5. The number of nitrogens with zero attached hydrogens (tertiary/aromatic N) is 1. The van der Waals surface area contributed by atoms with E-state index in [0.29, 0.717) is 24.5 Å². The van der Waals surface area contributed by atoms with Gasteiger partial charge in [-0.15, -0.1) is 0 Å². The zero-order valence-corrected chi connectivity index (χ0v) is 15.2. The van der Waals surface area contributed by atoms with Crippen LogP contribution in [0.2, 0.25) is 0 Å². The molecular formula is C21H21N5O2. The van der Waals surface area contributed by atoms with Crippen LogP contribution in [0.5, 0.6) is 11.5 Å². The highest BCUT2D eigenvalue weighted by atomic mass is 16.5. The molecule has 0 saturated carbocycles. The topological polar surface area (TPSA) is 103 Å². The summed E-state index contributed by atoms with van der Waals surface area (Å²) in [5, 5.41) is 20.8. The van der Waals surface area contributed by atoms with Crippen molar-refractivity contribution in [1.82, 2.24) is 15.5 Å². The zero-order chi connectivity index (χ0) is 19.3. The lowest BCUT2D eigenvalue weighted by molar-refractivity contribution is -0.119. The van der Waals surface area contributed by atoms with Gasteiger partial charge in [-0.1, -0.05) is 0 Å². The average Bonchev–Trinajstić information content (AvgIpc) is 3.39. The molecule has 4 rings (SSSR count). The van der Waals surface area contributed by atoms with Gasteiger partial charge in [0.05, 0.1) is 5.69 Å². The lowest BCUT2D eigenvalue weighted by Gasteiger charge is -2.15. The van der Waals surface area contributed by atoms with E-state index < -0.39 is 0 Å². The molecule has 7 nitrogen and oxygen atoms in total. The molecule has 1 amide bonds. The fraction of sp³-hybridized carbons (Fsp3) is 0.190. The van der Waals surface area contributed by atoms with Gasteiger partial charge in [-0.05, 0) is 60.5 Å². The van der Waals surface area contributed by atoms with Crippen LogP contribution < -0.4 is 15.4 Å². The Hall–Kier alpha value is -3.61. The number of carbonyl (C=O) groups is 1. The Kier molecular flexibility index (Phi) is 5.05. The van der Waals surface area contributed by atoms with Crippen LogP contribution in [0.25, 0.3) is 11.3 Å². The van der Waals surface area contributed by atoms with Gasteiger partial charge in [0.2, 0.25) is 5.91 Å². The molecule has 1 aliphatic heterocycles. The summed E-state index contributed by atoms with van der Waals surface area (Å²) < 4.78 is 5.93. The van der Waals surface area contributed by atoms with Crippen LogP contribution >= 0.6 is 0 Å². The first-order valence-corrected chi connectivity index (χ1v) is 9.17. The molecule has 3 aromatic rings. The number of carbonyl (C=O) groups excluding carboxylic acids is 1. The minimum atomic E-state index is 0.0985. The Labute approximate surface area is 162 Å². The van der Waals surface area contributed by atoms with E-state index in [1.165, 1.54) is 6.21 Å². The average molecular weight is 375 g/mol. The van der Waals surface area contributed by atoms with Gasteiger partial charge in [0.25, 0.3) is 0 Å². The largest absolute Gasteiger partial charge is 0.457 e. The molecule has 2 aromatic carbocycles. The molecular weight excluding hydrogens is 354 g/mol. The van der Waals surface area contributed by atoms with Crippen LogP contribution in [0.1, 0.15) is 18.4 Å². The SMILES string of the molecule is N=Cc1cc(Oc2ccc(-c3ccn[nH]3)cc2)ccc1NCC1CCC(=O)N1. The lowest BCUT2D eigenvalue weighted by atomic mass is 10.1. The second kappa shape index (κ2) is 7.96. The first-order valence-electron chi connectivity index (χ1n) is 9.17. The molecule has 0 aliphatic carbocycles. The number of rotatable bonds is 7. The van der Waals surface area contributed by atoms with Crippen molar-refractivity contribution in [3.8, 4) is 22.8 Å². The Bertz CT molecular complexity index is 967. The molecule has 1 aromatic heterocycles. The van der Waals surface area contributed by atoms with Crippen LogP contribution in [0.3, 0.4) is 0 Å². The number of amides is 1. The molecule has 0 radical (unpaired) electrons. The molecule has 0 bridgehead atoms. The number of anilines is 1. The molecule has 28 heavy (non-hydrogen) atoms. The van der Waals surface area contributed by atoms with Crippen molar-refractivity contribution in [3.05, 3.63) is 60.3 Å². The summed E-state index contributed by atoms with van der Waals surface area (Å²) >= 11 is 0. The first kappa shape index (κ1) is 17.8. The fourth-order valence-corrected chi connectivity index (χ4v) is 3.20. The van der Waals surface area contributed by atoms with Crippen LogP contribution in [-0.2, 0) is 4.79 Å². The number of ether oxygens (including phenoxy) is 1. The molecule has 1 unspecified atom stereocenters. The van der Waals surface area contributed by atoms with Crippen molar-refractivity contribution in [2.75, 3.05) is 11.9 Å². The van der Waals surface area contributed by atoms with Crippen LogP contribution in [0.15, 0.2) is 54.7 Å². The van der Waals surface area contributed by atoms with E-state index in [-0.39, 0.29) is 11.9 Å². The summed E-state index contributed by atoms with van der Waals surface area (Å²) in [5.74, 6) is 1.47. The number of H-pyrrole nitrogens is 1. The Morgan fingerprint density at radius 1 is 1.18 bits per heavy atom. The van der Waals surface area contributed by atoms with Crippen molar-refractivity contribution in [3.63, 3.8) is 0 Å². The Morgan fingerprint density at radius 3 is 2.68 bits per heavy atom. The van der Waals surface area contributed by atoms with E-state index >= 15 is 0 Å². The highest BCUT2D eigenvalue weighted by molar-refractivity contribution is 5.86. The minimum Gasteiger partial charge on any atom is -0.457 e.